The standard InChI is InChI=1S/C16H22ClNO2/c17-15-9-4-1-6-13(15)12-16(19)18-10-5-11-20-14-7-2-3-8-14/h1,4,6,9,14H,2-3,5,7-8,10-12H2,(H,18,19). The summed E-state index contributed by atoms with van der Waals surface area (Å²) in [4.78, 5) is 11.8. The molecule has 0 aromatic heterocycles. The Morgan fingerprint density at radius 2 is 2.05 bits per heavy atom. The van der Waals surface area contributed by atoms with Gasteiger partial charge in [-0.3, -0.25) is 4.79 Å². The van der Waals surface area contributed by atoms with Crippen LogP contribution in [0.1, 0.15) is 37.7 Å². The molecule has 4 heteroatoms. The van der Waals surface area contributed by atoms with E-state index >= 15 is 0 Å². The predicted molar refractivity (Wildman–Crippen MR) is 81.0 cm³/mol. The molecule has 110 valence electrons. The second-order valence-electron chi connectivity index (χ2n) is 5.25. The number of benzene rings is 1. The Kier molecular flexibility index (Phi) is 6.34. The van der Waals surface area contributed by atoms with E-state index in [0.717, 1.165) is 18.6 Å². The Bertz CT molecular complexity index is 430. The van der Waals surface area contributed by atoms with Gasteiger partial charge in [-0.25, -0.2) is 0 Å². The van der Waals surface area contributed by atoms with Crippen LogP contribution in [0.2, 0.25) is 5.02 Å². The SMILES string of the molecule is O=C(Cc1ccccc1Cl)NCCCOC1CCCC1. The summed E-state index contributed by atoms with van der Waals surface area (Å²) < 4.78 is 5.75. The van der Waals surface area contributed by atoms with Crippen LogP contribution in [0.4, 0.5) is 0 Å². The maximum Gasteiger partial charge on any atom is 0.224 e. The van der Waals surface area contributed by atoms with E-state index < -0.39 is 0 Å². The number of hydrogen-bond donors (Lipinski definition) is 1. The van der Waals surface area contributed by atoms with Crippen LogP contribution in [0.5, 0.6) is 0 Å². The summed E-state index contributed by atoms with van der Waals surface area (Å²) in [6.07, 6.45) is 6.62. The molecule has 1 aromatic rings. The number of amides is 1. The van der Waals surface area contributed by atoms with Crippen molar-refractivity contribution in [1.82, 2.24) is 5.32 Å². The van der Waals surface area contributed by atoms with Gasteiger partial charge in [-0.15, -0.1) is 0 Å². The first-order valence-electron chi connectivity index (χ1n) is 7.37. The summed E-state index contributed by atoms with van der Waals surface area (Å²) in [5.41, 5.74) is 0.869. The molecule has 2 rings (SSSR count). The molecular weight excluding hydrogens is 274 g/mol. The molecule has 0 saturated heterocycles. The number of carbonyl (C=O) groups is 1. The molecule has 0 heterocycles. The molecule has 0 aliphatic heterocycles. The van der Waals surface area contributed by atoms with Crippen molar-refractivity contribution in [3.63, 3.8) is 0 Å². The van der Waals surface area contributed by atoms with Gasteiger partial charge in [0.2, 0.25) is 5.91 Å². The van der Waals surface area contributed by atoms with Crippen molar-refractivity contribution < 1.29 is 9.53 Å². The third kappa shape index (κ3) is 5.14. The molecule has 3 nitrogen and oxygen atoms in total. The highest BCUT2D eigenvalue weighted by Crippen LogP contribution is 2.20. The van der Waals surface area contributed by atoms with E-state index in [4.69, 9.17) is 16.3 Å². The maximum absolute atomic E-state index is 11.8. The van der Waals surface area contributed by atoms with Crippen LogP contribution in [-0.4, -0.2) is 25.2 Å². The minimum absolute atomic E-state index is 0.0129. The number of ether oxygens (including phenoxy) is 1. The molecular formula is C16H22ClNO2. The molecule has 1 N–H and O–H groups in total. The van der Waals surface area contributed by atoms with Crippen LogP contribution < -0.4 is 5.32 Å². The molecule has 0 bridgehead atoms. The van der Waals surface area contributed by atoms with Crippen molar-refractivity contribution in [2.24, 2.45) is 0 Å². The predicted octanol–water partition coefficient (Wildman–Crippen LogP) is 3.35. The Hall–Kier alpha value is -1.06. The van der Waals surface area contributed by atoms with Gasteiger partial charge in [0.25, 0.3) is 0 Å². The van der Waals surface area contributed by atoms with Crippen molar-refractivity contribution in [2.45, 2.75) is 44.6 Å². The Morgan fingerprint density at radius 3 is 2.80 bits per heavy atom. The third-order valence-electron chi connectivity index (χ3n) is 3.61. The smallest absolute Gasteiger partial charge is 0.224 e. The highest BCUT2D eigenvalue weighted by molar-refractivity contribution is 6.31. The summed E-state index contributed by atoms with van der Waals surface area (Å²) in [7, 11) is 0. The zero-order valence-corrected chi connectivity index (χ0v) is 12.5. The molecule has 1 fully saturated rings. The molecule has 0 unspecified atom stereocenters. The van der Waals surface area contributed by atoms with Crippen molar-refractivity contribution in [1.29, 1.82) is 0 Å². The van der Waals surface area contributed by atoms with Crippen LogP contribution >= 0.6 is 11.6 Å². The lowest BCUT2D eigenvalue weighted by Crippen LogP contribution is -2.27. The average molecular weight is 296 g/mol. The van der Waals surface area contributed by atoms with Crippen LogP contribution in [0.25, 0.3) is 0 Å². The number of carbonyl (C=O) groups excluding carboxylic acids is 1. The summed E-state index contributed by atoms with van der Waals surface area (Å²) in [5.74, 6) is 0.0129. The number of nitrogens with one attached hydrogen (secondary N) is 1. The maximum atomic E-state index is 11.8. The fourth-order valence-corrected chi connectivity index (χ4v) is 2.68. The molecule has 0 spiro atoms. The van der Waals surface area contributed by atoms with Crippen molar-refractivity contribution in [3.8, 4) is 0 Å². The van der Waals surface area contributed by atoms with E-state index in [1.165, 1.54) is 25.7 Å². The molecule has 1 aromatic carbocycles. The van der Waals surface area contributed by atoms with Crippen LogP contribution in [-0.2, 0) is 16.0 Å². The second-order valence-corrected chi connectivity index (χ2v) is 5.66. The van der Waals surface area contributed by atoms with Crippen molar-refractivity contribution in [2.75, 3.05) is 13.2 Å². The fourth-order valence-electron chi connectivity index (χ4n) is 2.48. The summed E-state index contributed by atoms with van der Waals surface area (Å²) in [6.45, 7) is 1.40. The zero-order chi connectivity index (χ0) is 14.2. The lowest BCUT2D eigenvalue weighted by atomic mass is 10.1. The Balaban J connectivity index is 1.57. The molecule has 1 saturated carbocycles. The minimum atomic E-state index is 0.0129. The van der Waals surface area contributed by atoms with Gasteiger partial charge in [0, 0.05) is 18.2 Å². The van der Waals surface area contributed by atoms with Gasteiger partial charge in [-0.1, -0.05) is 42.6 Å². The molecule has 1 aliphatic carbocycles. The van der Waals surface area contributed by atoms with E-state index in [9.17, 15) is 4.79 Å². The quantitative estimate of drug-likeness (QED) is 0.784. The largest absolute Gasteiger partial charge is 0.378 e. The minimum Gasteiger partial charge on any atom is -0.378 e. The van der Waals surface area contributed by atoms with Crippen molar-refractivity contribution >= 4 is 17.5 Å². The fraction of sp³-hybridized carbons (Fsp3) is 0.562. The summed E-state index contributed by atoms with van der Waals surface area (Å²) in [6, 6.07) is 7.44. The van der Waals surface area contributed by atoms with E-state index in [1.54, 1.807) is 6.07 Å². The molecule has 1 aliphatic rings. The van der Waals surface area contributed by atoms with Crippen LogP contribution in [0.15, 0.2) is 24.3 Å². The first-order valence-corrected chi connectivity index (χ1v) is 7.75. The summed E-state index contributed by atoms with van der Waals surface area (Å²) in [5, 5.41) is 3.55. The first kappa shape index (κ1) is 15.3. The van der Waals surface area contributed by atoms with Gasteiger partial charge in [0.1, 0.15) is 0 Å². The number of hydrogen-bond acceptors (Lipinski definition) is 2. The monoisotopic (exact) mass is 295 g/mol. The third-order valence-corrected chi connectivity index (χ3v) is 3.98. The average Bonchev–Trinajstić information content (AvgIpc) is 2.94. The zero-order valence-electron chi connectivity index (χ0n) is 11.7. The second kappa shape index (κ2) is 8.28. The van der Waals surface area contributed by atoms with E-state index in [2.05, 4.69) is 5.32 Å². The van der Waals surface area contributed by atoms with Crippen molar-refractivity contribution in [3.05, 3.63) is 34.9 Å². The first-order chi connectivity index (χ1) is 9.75. The Labute approximate surface area is 125 Å². The van der Waals surface area contributed by atoms with Gasteiger partial charge in [-0.2, -0.15) is 0 Å². The summed E-state index contributed by atoms with van der Waals surface area (Å²) >= 11 is 6.02. The van der Waals surface area contributed by atoms with Crippen LogP contribution in [0.3, 0.4) is 0 Å². The van der Waals surface area contributed by atoms with Gasteiger partial charge in [-0.05, 0) is 30.9 Å². The highest BCUT2D eigenvalue weighted by Gasteiger charge is 2.14. The van der Waals surface area contributed by atoms with Gasteiger partial charge in [0.15, 0.2) is 0 Å². The molecule has 20 heavy (non-hydrogen) atoms. The van der Waals surface area contributed by atoms with E-state index in [0.29, 0.717) is 24.1 Å². The number of halogens is 1. The molecule has 0 atom stereocenters. The molecule has 0 radical (unpaired) electrons. The van der Waals surface area contributed by atoms with Gasteiger partial charge >= 0.3 is 0 Å². The lowest BCUT2D eigenvalue weighted by molar-refractivity contribution is -0.120. The Morgan fingerprint density at radius 1 is 1.30 bits per heavy atom. The normalized spacial score (nSPS) is 15.4. The van der Waals surface area contributed by atoms with Gasteiger partial charge < -0.3 is 10.1 Å². The van der Waals surface area contributed by atoms with E-state index in [-0.39, 0.29) is 5.91 Å². The number of rotatable bonds is 7. The van der Waals surface area contributed by atoms with Gasteiger partial charge in [0.05, 0.1) is 12.5 Å². The lowest BCUT2D eigenvalue weighted by Gasteiger charge is -2.11. The highest BCUT2D eigenvalue weighted by atomic mass is 35.5. The topological polar surface area (TPSA) is 38.3 Å². The van der Waals surface area contributed by atoms with Crippen LogP contribution in [0, 0.1) is 0 Å². The molecule has 1 amide bonds. The van der Waals surface area contributed by atoms with E-state index in [1.807, 2.05) is 18.2 Å².